The Balaban J connectivity index is 2.84. The van der Waals surface area contributed by atoms with Crippen LogP contribution in [0.1, 0.15) is 18.9 Å². The van der Waals surface area contributed by atoms with E-state index in [1.165, 1.54) is 6.07 Å². The van der Waals surface area contributed by atoms with Crippen LogP contribution >= 0.6 is 0 Å². The quantitative estimate of drug-likeness (QED) is 0.813. The fourth-order valence-electron chi connectivity index (χ4n) is 1.41. The molecule has 5 nitrogen and oxygen atoms in total. The van der Waals surface area contributed by atoms with Gasteiger partial charge in [0.05, 0.1) is 6.42 Å². The van der Waals surface area contributed by atoms with Crippen LogP contribution in [-0.4, -0.2) is 20.9 Å². The molecule has 0 saturated carbocycles. The van der Waals surface area contributed by atoms with Gasteiger partial charge in [0.15, 0.2) is 0 Å². The molecule has 0 spiro atoms. The monoisotopic (exact) mass is 271 g/mol. The molecule has 0 aliphatic carbocycles. The van der Waals surface area contributed by atoms with E-state index < -0.39 is 16.1 Å². The maximum absolute atomic E-state index is 11.9. The minimum absolute atomic E-state index is 0.0123. The number of hydrogen-bond acceptors (Lipinski definition) is 5. The van der Waals surface area contributed by atoms with Crippen molar-refractivity contribution in [1.82, 2.24) is 0 Å². The Morgan fingerprint density at radius 3 is 2.56 bits per heavy atom. The summed E-state index contributed by atoms with van der Waals surface area (Å²) in [5.41, 5.74) is 5.90. The molecule has 0 fully saturated rings. The average molecular weight is 271 g/mol. The third kappa shape index (κ3) is 3.82. The first kappa shape index (κ1) is 14.7. The van der Waals surface area contributed by atoms with E-state index in [-0.39, 0.29) is 17.2 Å². The normalized spacial score (nSPS) is 13.1. The molecule has 1 aromatic carbocycles. The van der Waals surface area contributed by atoms with Crippen molar-refractivity contribution in [2.75, 3.05) is 6.54 Å². The summed E-state index contributed by atoms with van der Waals surface area (Å²) in [6, 6.07) is 6.34. The smallest absolute Gasteiger partial charge is 0.341 e. The van der Waals surface area contributed by atoms with Crippen molar-refractivity contribution in [3.63, 3.8) is 0 Å². The molecule has 0 bridgehead atoms. The third-order valence-corrected chi connectivity index (χ3v) is 3.89. The minimum atomic E-state index is -4.03. The van der Waals surface area contributed by atoms with Crippen molar-refractivity contribution >= 4 is 16.1 Å². The third-order valence-electron chi connectivity index (χ3n) is 2.48. The van der Waals surface area contributed by atoms with Crippen LogP contribution in [0.15, 0.2) is 29.2 Å². The van der Waals surface area contributed by atoms with Crippen LogP contribution in [0.2, 0.25) is 0 Å². The van der Waals surface area contributed by atoms with Crippen LogP contribution < -0.4 is 5.73 Å². The standard InChI is InChI=1S/C12H17NO4S/c1-9(8-13)7-12(14)17-18(15,16)11-6-4-3-5-10(11)2/h3-6,9H,7-8,13H2,1-2H3/t9-/m1/s1. The van der Waals surface area contributed by atoms with Crippen molar-refractivity contribution < 1.29 is 17.4 Å². The van der Waals surface area contributed by atoms with Gasteiger partial charge in [0, 0.05) is 0 Å². The average Bonchev–Trinajstić information content (AvgIpc) is 2.28. The summed E-state index contributed by atoms with van der Waals surface area (Å²) in [7, 11) is -4.03. The Morgan fingerprint density at radius 2 is 2.00 bits per heavy atom. The van der Waals surface area contributed by atoms with E-state index in [1.54, 1.807) is 32.0 Å². The van der Waals surface area contributed by atoms with Gasteiger partial charge < -0.3 is 9.92 Å². The maximum Gasteiger partial charge on any atom is 0.341 e. The number of carbonyl (C=O) groups excluding carboxylic acids is 1. The molecule has 1 aromatic rings. The van der Waals surface area contributed by atoms with Gasteiger partial charge in [0.2, 0.25) is 0 Å². The highest BCUT2D eigenvalue weighted by molar-refractivity contribution is 7.87. The predicted molar refractivity (Wildman–Crippen MR) is 67.3 cm³/mol. The zero-order chi connectivity index (χ0) is 13.8. The van der Waals surface area contributed by atoms with Crippen molar-refractivity contribution in [2.45, 2.75) is 25.2 Å². The number of carbonyl (C=O) groups is 1. The van der Waals surface area contributed by atoms with Crippen molar-refractivity contribution in [2.24, 2.45) is 11.7 Å². The van der Waals surface area contributed by atoms with Gasteiger partial charge in [-0.3, -0.25) is 4.79 Å². The van der Waals surface area contributed by atoms with Gasteiger partial charge in [-0.2, -0.15) is 8.42 Å². The van der Waals surface area contributed by atoms with Gasteiger partial charge in [0.1, 0.15) is 4.90 Å². The highest BCUT2D eigenvalue weighted by atomic mass is 32.2. The molecule has 18 heavy (non-hydrogen) atoms. The molecule has 0 amide bonds. The summed E-state index contributed by atoms with van der Waals surface area (Å²) >= 11 is 0. The second-order valence-corrected chi connectivity index (χ2v) is 5.73. The van der Waals surface area contributed by atoms with Gasteiger partial charge in [-0.25, -0.2) is 0 Å². The Hall–Kier alpha value is -1.40. The molecule has 1 atom stereocenters. The molecule has 0 aliphatic heterocycles. The Morgan fingerprint density at radius 1 is 1.39 bits per heavy atom. The topological polar surface area (TPSA) is 86.5 Å². The van der Waals surface area contributed by atoms with Crippen LogP contribution in [0.4, 0.5) is 0 Å². The first-order valence-electron chi connectivity index (χ1n) is 5.60. The van der Waals surface area contributed by atoms with E-state index in [9.17, 15) is 13.2 Å². The molecule has 1 rings (SSSR count). The number of hydrogen-bond donors (Lipinski definition) is 1. The van der Waals surface area contributed by atoms with Gasteiger partial charge in [-0.05, 0) is 31.0 Å². The van der Waals surface area contributed by atoms with Gasteiger partial charge in [0.25, 0.3) is 0 Å². The molecule has 0 saturated heterocycles. The van der Waals surface area contributed by atoms with Crippen molar-refractivity contribution in [3.05, 3.63) is 29.8 Å². The lowest BCUT2D eigenvalue weighted by molar-refractivity contribution is -0.134. The molecule has 0 aromatic heterocycles. The molecule has 0 radical (unpaired) electrons. The first-order chi connectivity index (χ1) is 8.36. The Labute approximate surface area is 107 Å². The highest BCUT2D eigenvalue weighted by Gasteiger charge is 2.22. The second kappa shape index (κ2) is 5.97. The summed E-state index contributed by atoms with van der Waals surface area (Å²) in [5, 5.41) is 0. The Kier molecular flexibility index (Phi) is 4.86. The molecule has 6 heteroatoms. The molecule has 0 heterocycles. The predicted octanol–water partition coefficient (Wildman–Crippen LogP) is 1.21. The summed E-state index contributed by atoms with van der Waals surface area (Å²) in [5.74, 6) is -0.888. The fourth-order valence-corrected chi connectivity index (χ4v) is 2.52. The highest BCUT2D eigenvalue weighted by Crippen LogP contribution is 2.18. The molecule has 100 valence electrons. The second-order valence-electron chi connectivity index (χ2n) is 4.22. The number of benzene rings is 1. The van der Waals surface area contributed by atoms with E-state index in [4.69, 9.17) is 5.73 Å². The largest absolute Gasteiger partial charge is 0.342 e. The van der Waals surface area contributed by atoms with E-state index in [2.05, 4.69) is 4.18 Å². The van der Waals surface area contributed by atoms with E-state index >= 15 is 0 Å². The molecular weight excluding hydrogens is 254 g/mol. The van der Waals surface area contributed by atoms with E-state index in [1.807, 2.05) is 0 Å². The Bertz CT molecular complexity index is 525. The summed E-state index contributed by atoms with van der Waals surface area (Å²) in [4.78, 5) is 11.5. The molecule has 0 unspecified atom stereocenters. The van der Waals surface area contributed by atoms with Crippen molar-refractivity contribution in [3.8, 4) is 0 Å². The molecular formula is C12H17NO4S. The van der Waals surface area contributed by atoms with Crippen LogP contribution in [0.3, 0.4) is 0 Å². The van der Waals surface area contributed by atoms with Crippen LogP contribution in [-0.2, 0) is 19.1 Å². The summed E-state index contributed by atoms with van der Waals surface area (Å²) in [6.45, 7) is 3.70. The van der Waals surface area contributed by atoms with Crippen LogP contribution in [0.25, 0.3) is 0 Å². The lowest BCUT2D eigenvalue weighted by Crippen LogP contribution is -2.20. The lowest BCUT2D eigenvalue weighted by Gasteiger charge is -2.10. The van der Waals surface area contributed by atoms with Gasteiger partial charge >= 0.3 is 16.1 Å². The summed E-state index contributed by atoms with van der Waals surface area (Å²) < 4.78 is 28.3. The molecule has 2 N–H and O–H groups in total. The summed E-state index contributed by atoms with van der Waals surface area (Å²) in [6.07, 6.45) is -0.0123. The zero-order valence-corrected chi connectivity index (χ0v) is 11.2. The molecule has 0 aliphatic rings. The fraction of sp³-hybridized carbons (Fsp3) is 0.417. The number of nitrogens with two attached hydrogens (primary N) is 1. The van der Waals surface area contributed by atoms with Gasteiger partial charge in [-0.1, -0.05) is 25.1 Å². The van der Waals surface area contributed by atoms with E-state index in [0.717, 1.165) is 0 Å². The van der Waals surface area contributed by atoms with E-state index in [0.29, 0.717) is 12.1 Å². The number of aryl methyl sites for hydroxylation is 1. The van der Waals surface area contributed by atoms with Crippen molar-refractivity contribution in [1.29, 1.82) is 0 Å². The van der Waals surface area contributed by atoms with Crippen LogP contribution in [0.5, 0.6) is 0 Å². The van der Waals surface area contributed by atoms with Gasteiger partial charge in [-0.15, -0.1) is 0 Å². The lowest BCUT2D eigenvalue weighted by atomic mass is 10.1. The zero-order valence-electron chi connectivity index (χ0n) is 10.4. The van der Waals surface area contributed by atoms with Crippen LogP contribution in [0, 0.1) is 12.8 Å². The minimum Gasteiger partial charge on any atom is -0.342 e. The first-order valence-corrected chi connectivity index (χ1v) is 7.00. The maximum atomic E-state index is 11.9. The SMILES string of the molecule is Cc1ccccc1S(=O)(=O)OC(=O)C[C@@H](C)CN. The number of rotatable bonds is 5.